The van der Waals surface area contributed by atoms with Gasteiger partial charge >= 0.3 is 0 Å². The SMILES string of the molecule is O=C(NC1CC2CCN(C2)C1)c1ccc(-c2ccc(F)cc2)o1. The third kappa shape index (κ3) is 3.01. The average Bonchev–Trinajstić information content (AvgIpc) is 3.15. The summed E-state index contributed by atoms with van der Waals surface area (Å²) >= 11 is 0. The zero-order valence-corrected chi connectivity index (χ0v) is 12.8. The lowest BCUT2D eigenvalue weighted by atomic mass is 9.97. The first-order valence-corrected chi connectivity index (χ1v) is 8.06. The molecule has 1 N–H and O–H groups in total. The summed E-state index contributed by atoms with van der Waals surface area (Å²) in [7, 11) is 0. The molecule has 2 bridgehead atoms. The van der Waals surface area contributed by atoms with Gasteiger partial charge in [-0.3, -0.25) is 4.79 Å². The fraction of sp³-hybridized carbons (Fsp3) is 0.389. The monoisotopic (exact) mass is 314 g/mol. The van der Waals surface area contributed by atoms with E-state index in [1.807, 2.05) is 0 Å². The van der Waals surface area contributed by atoms with Gasteiger partial charge in [-0.05, 0) is 61.7 Å². The maximum Gasteiger partial charge on any atom is 0.287 e. The molecule has 0 radical (unpaired) electrons. The minimum atomic E-state index is -0.291. The predicted octanol–water partition coefficient (Wildman–Crippen LogP) is 2.91. The zero-order chi connectivity index (χ0) is 15.8. The minimum absolute atomic E-state index is 0.175. The number of carbonyl (C=O) groups is 1. The highest BCUT2D eigenvalue weighted by molar-refractivity contribution is 5.92. The van der Waals surface area contributed by atoms with Gasteiger partial charge in [-0.25, -0.2) is 4.39 Å². The Kier molecular flexibility index (Phi) is 3.65. The van der Waals surface area contributed by atoms with Crippen LogP contribution in [0, 0.1) is 11.7 Å². The van der Waals surface area contributed by atoms with Gasteiger partial charge in [-0.15, -0.1) is 0 Å². The molecule has 4 rings (SSSR count). The van der Waals surface area contributed by atoms with Crippen molar-refractivity contribution in [3.8, 4) is 11.3 Å². The first-order valence-electron chi connectivity index (χ1n) is 8.06. The number of nitrogens with zero attached hydrogens (tertiary/aromatic N) is 1. The molecule has 0 saturated carbocycles. The van der Waals surface area contributed by atoms with E-state index in [1.165, 1.54) is 25.1 Å². The molecule has 3 atom stereocenters. The molecule has 5 heteroatoms. The maximum atomic E-state index is 13.0. The van der Waals surface area contributed by atoms with Crippen molar-refractivity contribution in [2.75, 3.05) is 19.6 Å². The number of hydrogen-bond donors (Lipinski definition) is 1. The Balaban J connectivity index is 1.44. The fourth-order valence-corrected chi connectivity index (χ4v) is 3.65. The van der Waals surface area contributed by atoms with Gasteiger partial charge in [-0.1, -0.05) is 0 Å². The summed E-state index contributed by atoms with van der Waals surface area (Å²) in [5.74, 6) is 1.12. The van der Waals surface area contributed by atoms with Crippen molar-refractivity contribution in [1.82, 2.24) is 10.2 Å². The molecule has 4 nitrogen and oxygen atoms in total. The van der Waals surface area contributed by atoms with Crippen LogP contribution in [0.4, 0.5) is 4.39 Å². The average molecular weight is 314 g/mol. The molecule has 3 heterocycles. The second kappa shape index (κ2) is 5.81. The molecule has 0 spiro atoms. The molecular weight excluding hydrogens is 295 g/mol. The number of nitrogens with one attached hydrogen (secondary N) is 1. The van der Waals surface area contributed by atoms with E-state index in [-0.39, 0.29) is 17.8 Å². The van der Waals surface area contributed by atoms with Crippen LogP contribution in [0.3, 0.4) is 0 Å². The zero-order valence-electron chi connectivity index (χ0n) is 12.8. The number of fused-ring (bicyclic) bond motifs is 2. The topological polar surface area (TPSA) is 45.5 Å². The van der Waals surface area contributed by atoms with Gasteiger partial charge in [0.05, 0.1) is 0 Å². The van der Waals surface area contributed by atoms with Crippen LogP contribution in [0.25, 0.3) is 11.3 Å². The van der Waals surface area contributed by atoms with Crippen molar-refractivity contribution < 1.29 is 13.6 Å². The van der Waals surface area contributed by atoms with Crippen molar-refractivity contribution >= 4 is 5.91 Å². The van der Waals surface area contributed by atoms with Gasteiger partial charge in [0.2, 0.25) is 0 Å². The number of piperidine rings is 1. The largest absolute Gasteiger partial charge is 0.451 e. The number of amides is 1. The molecule has 2 aromatic rings. The van der Waals surface area contributed by atoms with E-state index in [1.54, 1.807) is 24.3 Å². The summed E-state index contributed by atoms with van der Waals surface area (Å²) in [5, 5.41) is 3.08. The van der Waals surface area contributed by atoms with Gasteiger partial charge in [-0.2, -0.15) is 0 Å². The lowest BCUT2D eigenvalue weighted by Crippen LogP contribution is -2.46. The number of benzene rings is 1. The fourth-order valence-electron chi connectivity index (χ4n) is 3.65. The molecule has 120 valence electrons. The quantitative estimate of drug-likeness (QED) is 0.947. The van der Waals surface area contributed by atoms with E-state index in [0.717, 1.165) is 25.1 Å². The molecule has 2 aliphatic heterocycles. The van der Waals surface area contributed by atoms with Crippen LogP contribution in [0.2, 0.25) is 0 Å². The maximum absolute atomic E-state index is 13.0. The third-order valence-electron chi connectivity index (χ3n) is 4.76. The van der Waals surface area contributed by atoms with E-state index in [2.05, 4.69) is 10.2 Å². The molecule has 0 aliphatic carbocycles. The highest BCUT2D eigenvalue weighted by Crippen LogP contribution is 2.27. The number of furan rings is 1. The Bertz CT molecular complexity index is 698. The molecule has 2 aliphatic rings. The second-order valence-electron chi connectivity index (χ2n) is 6.49. The molecule has 2 fully saturated rings. The normalized spacial score (nSPS) is 26.2. The van der Waals surface area contributed by atoms with E-state index in [0.29, 0.717) is 17.4 Å². The lowest BCUT2D eigenvalue weighted by Gasteiger charge is -2.30. The predicted molar refractivity (Wildman–Crippen MR) is 84.5 cm³/mol. The van der Waals surface area contributed by atoms with Crippen LogP contribution in [-0.2, 0) is 0 Å². The Labute approximate surface area is 134 Å². The summed E-state index contributed by atoms with van der Waals surface area (Å²) in [6.45, 7) is 3.24. The first kappa shape index (κ1) is 14.5. The van der Waals surface area contributed by atoms with Crippen LogP contribution in [0.15, 0.2) is 40.8 Å². The van der Waals surface area contributed by atoms with Crippen LogP contribution < -0.4 is 5.32 Å². The van der Waals surface area contributed by atoms with Crippen molar-refractivity contribution in [3.05, 3.63) is 48.0 Å². The number of rotatable bonds is 3. The molecule has 23 heavy (non-hydrogen) atoms. The van der Waals surface area contributed by atoms with Gasteiger partial charge in [0.1, 0.15) is 11.6 Å². The van der Waals surface area contributed by atoms with Crippen molar-refractivity contribution in [2.45, 2.75) is 18.9 Å². The Morgan fingerprint density at radius 1 is 1.17 bits per heavy atom. The summed E-state index contributed by atoms with van der Waals surface area (Å²) in [5.41, 5.74) is 0.757. The number of carbonyl (C=O) groups excluding carboxylic acids is 1. The van der Waals surface area contributed by atoms with Gasteiger partial charge in [0.25, 0.3) is 5.91 Å². The summed E-state index contributed by atoms with van der Waals surface area (Å²) in [6.07, 6.45) is 2.29. The number of hydrogen-bond acceptors (Lipinski definition) is 3. The molecule has 2 saturated heterocycles. The smallest absolute Gasteiger partial charge is 0.287 e. The van der Waals surface area contributed by atoms with Crippen LogP contribution in [0.1, 0.15) is 23.4 Å². The third-order valence-corrected chi connectivity index (χ3v) is 4.76. The molecule has 1 aromatic heterocycles. The van der Waals surface area contributed by atoms with Crippen LogP contribution in [0.5, 0.6) is 0 Å². The van der Waals surface area contributed by atoms with Gasteiger partial charge < -0.3 is 14.6 Å². The first-order chi connectivity index (χ1) is 11.2. The Morgan fingerprint density at radius 2 is 2.00 bits per heavy atom. The highest BCUT2D eigenvalue weighted by Gasteiger charge is 2.33. The molecular formula is C18H19FN2O2. The van der Waals surface area contributed by atoms with Gasteiger partial charge in [0.15, 0.2) is 5.76 Å². The van der Waals surface area contributed by atoms with Crippen LogP contribution >= 0.6 is 0 Å². The Hall–Kier alpha value is -2.14. The molecule has 1 aromatic carbocycles. The summed E-state index contributed by atoms with van der Waals surface area (Å²) in [4.78, 5) is 14.8. The van der Waals surface area contributed by atoms with Crippen LogP contribution in [-0.4, -0.2) is 36.5 Å². The standard InChI is InChI=1S/C18H19FN2O2/c19-14-3-1-13(2-4-14)16-5-6-17(23-16)18(22)20-15-9-12-7-8-21(10-12)11-15/h1-6,12,15H,7-11H2,(H,20,22). The van der Waals surface area contributed by atoms with E-state index < -0.39 is 0 Å². The Morgan fingerprint density at radius 3 is 2.78 bits per heavy atom. The second-order valence-corrected chi connectivity index (χ2v) is 6.49. The molecule has 1 amide bonds. The lowest BCUT2D eigenvalue weighted by molar-refractivity contribution is 0.0882. The summed E-state index contributed by atoms with van der Waals surface area (Å²) < 4.78 is 18.6. The van der Waals surface area contributed by atoms with E-state index in [9.17, 15) is 9.18 Å². The van der Waals surface area contributed by atoms with Crippen molar-refractivity contribution in [1.29, 1.82) is 0 Å². The van der Waals surface area contributed by atoms with E-state index in [4.69, 9.17) is 4.42 Å². The molecule has 3 unspecified atom stereocenters. The number of halogens is 1. The van der Waals surface area contributed by atoms with Crippen molar-refractivity contribution in [3.63, 3.8) is 0 Å². The van der Waals surface area contributed by atoms with Gasteiger partial charge in [0, 0.05) is 24.7 Å². The highest BCUT2D eigenvalue weighted by atomic mass is 19.1. The minimum Gasteiger partial charge on any atom is -0.451 e. The van der Waals surface area contributed by atoms with E-state index >= 15 is 0 Å². The van der Waals surface area contributed by atoms with Crippen molar-refractivity contribution in [2.24, 2.45) is 5.92 Å². The summed E-state index contributed by atoms with van der Waals surface area (Å²) in [6, 6.07) is 9.66.